The Bertz CT molecular complexity index is 1170. The average Bonchev–Trinajstić information content (AvgIpc) is 2.82. The summed E-state index contributed by atoms with van der Waals surface area (Å²) >= 11 is 12.4. The predicted octanol–water partition coefficient (Wildman–Crippen LogP) is 8.08. The van der Waals surface area contributed by atoms with Gasteiger partial charge in [-0.2, -0.15) is 0 Å². The van der Waals surface area contributed by atoms with Gasteiger partial charge < -0.3 is 10.2 Å². The normalized spacial score (nSPS) is 11.9. The maximum absolute atomic E-state index is 12.2. The summed E-state index contributed by atoms with van der Waals surface area (Å²) in [5.41, 5.74) is 5.21. The zero-order valence-electron chi connectivity index (χ0n) is 23.7. The Labute approximate surface area is 248 Å². The van der Waals surface area contributed by atoms with E-state index >= 15 is 0 Å². The van der Waals surface area contributed by atoms with Gasteiger partial charge in [0.25, 0.3) is 0 Å². The fourth-order valence-corrected chi connectivity index (χ4v) is 5.07. The van der Waals surface area contributed by atoms with E-state index in [-0.39, 0.29) is 26.5 Å². The third-order valence-corrected chi connectivity index (χ3v) is 6.92. The standard InChI is InChI=1S/C17H20N2.C14H20Cl2O2.Ni/c1-4-14-9-8-10-15(5-2)17(14)19-13(3)16-11-6-7-12-18-16;1-13(2,3)7-9(15)10(16)8(14(4,5)6)12(18)11(7)17;/h6-12H,4-5H2,1-3H3;17-18H,1-6H3;/q;;+2/p-2. The van der Waals surface area contributed by atoms with Crippen molar-refractivity contribution in [1.29, 1.82) is 0 Å². The molecule has 0 N–H and O–H groups in total. The average molecular weight is 600 g/mol. The molecular formula is C31H38Cl2N2NiO2. The monoisotopic (exact) mass is 598 g/mol. The molecule has 0 radical (unpaired) electrons. The predicted molar refractivity (Wildman–Crippen MR) is 154 cm³/mol. The van der Waals surface area contributed by atoms with Gasteiger partial charge in [0.15, 0.2) is 0 Å². The van der Waals surface area contributed by atoms with E-state index in [4.69, 9.17) is 28.2 Å². The Morgan fingerprint density at radius 2 is 1.24 bits per heavy atom. The third kappa shape index (κ3) is 7.98. The van der Waals surface area contributed by atoms with Crippen molar-refractivity contribution in [1.82, 2.24) is 4.98 Å². The Hall–Kier alpha value is -2.07. The van der Waals surface area contributed by atoms with Gasteiger partial charge in [-0.05, 0) is 65.0 Å². The number of hydrogen-bond donors (Lipinski definition) is 0. The third-order valence-electron chi connectivity index (χ3n) is 6.07. The van der Waals surface area contributed by atoms with Gasteiger partial charge in [-0.3, -0.25) is 9.98 Å². The van der Waals surface area contributed by atoms with E-state index in [0.29, 0.717) is 11.1 Å². The molecule has 0 aliphatic rings. The number of aliphatic imine (C=N–C) groups is 1. The number of nitrogens with zero attached hydrogens (tertiary/aromatic N) is 2. The van der Waals surface area contributed by atoms with Crippen LogP contribution in [0.2, 0.25) is 10.0 Å². The maximum Gasteiger partial charge on any atom is 2.00 e. The van der Waals surface area contributed by atoms with Crippen molar-refractivity contribution in [2.24, 2.45) is 4.99 Å². The molecule has 0 spiro atoms. The molecule has 0 aliphatic heterocycles. The maximum atomic E-state index is 12.2. The largest absolute Gasteiger partial charge is 2.00 e. The van der Waals surface area contributed by atoms with Crippen molar-refractivity contribution >= 4 is 34.6 Å². The van der Waals surface area contributed by atoms with Gasteiger partial charge in [-0.25, -0.2) is 0 Å². The first kappa shape index (κ1) is 34.0. The molecule has 208 valence electrons. The van der Waals surface area contributed by atoms with E-state index in [9.17, 15) is 10.2 Å². The summed E-state index contributed by atoms with van der Waals surface area (Å²) in [5, 5.41) is 24.8. The topological polar surface area (TPSA) is 71.4 Å². The molecular weight excluding hydrogens is 562 g/mol. The van der Waals surface area contributed by atoms with E-state index in [1.807, 2.05) is 66.7 Å². The zero-order chi connectivity index (χ0) is 28.1. The van der Waals surface area contributed by atoms with E-state index in [2.05, 4.69) is 37.0 Å². The SMILES string of the molecule is CC(C)(C)c1c([O-])c([O-])c(C(C)(C)C)c(Cl)c1Cl.CCc1cccc(CC)c1N=C(C)c1ccccn1.[Ni+2]. The summed E-state index contributed by atoms with van der Waals surface area (Å²) in [4.78, 5) is 9.18. The van der Waals surface area contributed by atoms with Crippen LogP contribution in [-0.4, -0.2) is 10.7 Å². The van der Waals surface area contributed by atoms with Crippen LogP contribution in [0.5, 0.6) is 11.5 Å². The van der Waals surface area contributed by atoms with Crippen LogP contribution in [0.1, 0.15) is 90.3 Å². The van der Waals surface area contributed by atoms with Crippen LogP contribution in [-0.2, 0) is 40.2 Å². The van der Waals surface area contributed by atoms with Crippen molar-refractivity contribution in [3.8, 4) is 11.5 Å². The van der Waals surface area contributed by atoms with E-state index in [1.54, 1.807) is 6.20 Å². The minimum absolute atomic E-state index is 0. The molecule has 1 aromatic heterocycles. The molecule has 0 saturated heterocycles. The molecule has 0 amide bonds. The first-order chi connectivity index (χ1) is 17.1. The van der Waals surface area contributed by atoms with Gasteiger partial charge in [0.2, 0.25) is 0 Å². The molecule has 38 heavy (non-hydrogen) atoms. The molecule has 2 aromatic carbocycles. The van der Waals surface area contributed by atoms with Gasteiger partial charge in [-0.15, -0.1) is 11.5 Å². The number of rotatable bonds is 4. The van der Waals surface area contributed by atoms with Crippen LogP contribution in [0.4, 0.5) is 5.69 Å². The first-order valence-corrected chi connectivity index (χ1v) is 13.4. The summed E-state index contributed by atoms with van der Waals surface area (Å²) < 4.78 is 0. The molecule has 3 aromatic rings. The van der Waals surface area contributed by atoms with Gasteiger partial charge in [0, 0.05) is 6.20 Å². The summed E-state index contributed by atoms with van der Waals surface area (Å²) in [6.45, 7) is 17.4. The van der Waals surface area contributed by atoms with Gasteiger partial charge in [0.05, 0.1) is 27.1 Å². The molecule has 0 bridgehead atoms. The van der Waals surface area contributed by atoms with Crippen LogP contribution < -0.4 is 10.2 Å². The number of aryl methyl sites for hydroxylation is 2. The van der Waals surface area contributed by atoms with Gasteiger partial charge in [-0.1, -0.05) is 103 Å². The van der Waals surface area contributed by atoms with Gasteiger partial charge >= 0.3 is 16.5 Å². The minimum atomic E-state index is -0.540. The quantitative estimate of drug-likeness (QED) is 0.225. The molecule has 4 nitrogen and oxygen atoms in total. The molecule has 0 saturated carbocycles. The number of para-hydroxylation sites is 1. The number of halogens is 2. The van der Waals surface area contributed by atoms with E-state index in [0.717, 1.165) is 29.9 Å². The van der Waals surface area contributed by atoms with Crippen molar-refractivity contribution < 1.29 is 26.7 Å². The summed E-state index contributed by atoms with van der Waals surface area (Å²) in [5.74, 6) is -1.08. The minimum Gasteiger partial charge on any atom is -0.873 e. The summed E-state index contributed by atoms with van der Waals surface area (Å²) in [6.07, 6.45) is 3.81. The van der Waals surface area contributed by atoms with Crippen LogP contribution in [0, 0.1) is 0 Å². The fraction of sp³-hybridized carbons (Fsp3) is 0.419. The fourth-order valence-electron chi connectivity index (χ4n) is 4.15. The molecule has 0 atom stereocenters. The molecule has 1 heterocycles. The molecule has 7 heteroatoms. The first-order valence-electron chi connectivity index (χ1n) is 12.6. The molecule has 3 rings (SSSR count). The summed E-state index contributed by atoms with van der Waals surface area (Å²) in [7, 11) is 0. The second-order valence-electron chi connectivity index (χ2n) is 11.1. The van der Waals surface area contributed by atoms with E-state index < -0.39 is 22.3 Å². The Morgan fingerprint density at radius 3 is 1.58 bits per heavy atom. The van der Waals surface area contributed by atoms with Crippen LogP contribution in [0.15, 0.2) is 47.6 Å². The second-order valence-corrected chi connectivity index (χ2v) is 11.8. The van der Waals surface area contributed by atoms with E-state index in [1.165, 1.54) is 11.1 Å². The number of hydrogen-bond acceptors (Lipinski definition) is 4. The van der Waals surface area contributed by atoms with Crippen LogP contribution in [0.3, 0.4) is 0 Å². The Morgan fingerprint density at radius 1 is 0.789 bits per heavy atom. The number of pyridine rings is 1. The van der Waals surface area contributed by atoms with Crippen molar-refractivity contribution in [2.75, 3.05) is 0 Å². The van der Waals surface area contributed by atoms with Gasteiger partial charge in [0.1, 0.15) is 0 Å². The molecule has 0 fully saturated rings. The molecule has 0 aliphatic carbocycles. The van der Waals surface area contributed by atoms with Crippen LogP contribution in [0.25, 0.3) is 0 Å². The second kappa shape index (κ2) is 13.8. The number of benzene rings is 2. The Balaban J connectivity index is 0.000000371. The molecule has 0 unspecified atom stereocenters. The number of aromatic nitrogens is 1. The van der Waals surface area contributed by atoms with Crippen molar-refractivity contribution in [3.05, 3.63) is 80.6 Å². The Kier molecular flexibility index (Phi) is 12.4. The van der Waals surface area contributed by atoms with Crippen molar-refractivity contribution in [2.45, 2.75) is 86.0 Å². The van der Waals surface area contributed by atoms with Crippen molar-refractivity contribution in [3.63, 3.8) is 0 Å². The zero-order valence-corrected chi connectivity index (χ0v) is 26.2. The summed E-state index contributed by atoms with van der Waals surface area (Å²) in [6, 6.07) is 12.3. The smallest absolute Gasteiger partial charge is 0.873 e. The van der Waals surface area contributed by atoms with Crippen LogP contribution >= 0.6 is 23.2 Å².